The molecule has 0 aliphatic heterocycles. The molecule has 1 aliphatic rings. The minimum atomic E-state index is 0.507. The Morgan fingerprint density at radius 2 is 2.33 bits per heavy atom. The Bertz CT molecular complexity index is 285. The molecule has 0 bridgehead atoms. The van der Waals surface area contributed by atoms with Crippen LogP contribution in [0.25, 0.3) is 0 Å². The minimum Gasteiger partial charge on any atom is -0.341 e. The topological polar surface area (TPSA) is 29.0 Å². The lowest BCUT2D eigenvalue weighted by molar-refractivity contribution is 0.861. The third-order valence-electron chi connectivity index (χ3n) is 2.02. The molecule has 3 nitrogen and oxygen atoms in total. The number of rotatable bonds is 2. The van der Waals surface area contributed by atoms with Crippen molar-refractivity contribution in [2.45, 2.75) is 18.9 Å². The summed E-state index contributed by atoms with van der Waals surface area (Å²) in [7, 11) is 2.00. The molecule has 1 aromatic heterocycles. The summed E-state index contributed by atoms with van der Waals surface area (Å²) < 4.78 is 0. The second kappa shape index (κ2) is 2.90. The maximum absolute atomic E-state index is 5.74. The van der Waals surface area contributed by atoms with Gasteiger partial charge in [0.25, 0.3) is 0 Å². The first-order valence-electron chi connectivity index (χ1n) is 3.99. The zero-order valence-corrected chi connectivity index (χ0v) is 7.62. The molecule has 0 saturated heterocycles. The Kier molecular flexibility index (Phi) is 1.89. The number of anilines is 1. The molecule has 1 aliphatic carbocycles. The molecule has 0 atom stereocenters. The van der Waals surface area contributed by atoms with Crippen molar-refractivity contribution in [2.24, 2.45) is 0 Å². The standard InChI is InChI=1S/C8H10ClN3/c1-12(6-2-3-6)8-10-5-4-7(9)11-8/h4-6H,2-3H2,1H3. The minimum absolute atomic E-state index is 0.507. The second-order valence-corrected chi connectivity index (χ2v) is 3.41. The van der Waals surface area contributed by atoms with Gasteiger partial charge in [-0.15, -0.1) is 0 Å². The van der Waals surface area contributed by atoms with E-state index in [1.54, 1.807) is 12.3 Å². The van der Waals surface area contributed by atoms with E-state index in [9.17, 15) is 0 Å². The van der Waals surface area contributed by atoms with Crippen LogP contribution in [0.5, 0.6) is 0 Å². The van der Waals surface area contributed by atoms with Crippen molar-refractivity contribution in [2.75, 3.05) is 11.9 Å². The quantitative estimate of drug-likeness (QED) is 0.654. The van der Waals surface area contributed by atoms with E-state index in [4.69, 9.17) is 11.6 Å². The van der Waals surface area contributed by atoms with Gasteiger partial charge in [0.2, 0.25) is 5.95 Å². The Morgan fingerprint density at radius 1 is 1.58 bits per heavy atom. The van der Waals surface area contributed by atoms with Gasteiger partial charge in [0.15, 0.2) is 0 Å². The van der Waals surface area contributed by atoms with Crippen LogP contribution in [0, 0.1) is 0 Å². The van der Waals surface area contributed by atoms with Crippen molar-refractivity contribution in [3.05, 3.63) is 17.4 Å². The van der Waals surface area contributed by atoms with Crippen molar-refractivity contribution in [3.63, 3.8) is 0 Å². The number of halogens is 1. The molecular weight excluding hydrogens is 174 g/mol. The molecule has 1 heterocycles. The van der Waals surface area contributed by atoms with Gasteiger partial charge in [0.1, 0.15) is 5.15 Å². The van der Waals surface area contributed by atoms with E-state index in [1.807, 2.05) is 7.05 Å². The smallest absolute Gasteiger partial charge is 0.226 e. The summed E-state index contributed by atoms with van der Waals surface area (Å²) in [6.07, 6.45) is 4.17. The van der Waals surface area contributed by atoms with Crippen molar-refractivity contribution in [1.29, 1.82) is 0 Å². The van der Waals surface area contributed by atoms with Gasteiger partial charge < -0.3 is 4.90 Å². The summed E-state index contributed by atoms with van der Waals surface area (Å²) >= 11 is 5.74. The molecule has 2 rings (SSSR count). The highest BCUT2D eigenvalue weighted by atomic mass is 35.5. The molecular formula is C8H10ClN3. The number of aromatic nitrogens is 2. The molecule has 0 radical (unpaired) electrons. The van der Waals surface area contributed by atoms with E-state index in [0.717, 1.165) is 5.95 Å². The van der Waals surface area contributed by atoms with Crippen LogP contribution >= 0.6 is 11.6 Å². The first kappa shape index (κ1) is 7.80. The Labute approximate surface area is 76.4 Å². The van der Waals surface area contributed by atoms with Crippen LogP contribution < -0.4 is 4.90 Å². The average Bonchev–Trinajstić information content (AvgIpc) is 2.85. The highest BCUT2D eigenvalue weighted by Gasteiger charge is 2.27. The van der Waals surface area contributed by atoms with Crippen molar-refractivity contribution >= 4 is 17.5 Å². The van der Waals surface area contributed by atoms with E-state index in [2.05, 4.69) is 14.9 Å². The predicted octanol–water partition coefficient (Wildman–Crippen LogP) is 1.73. The molecule has 0 N–H and O–H groups in total. The van der Waals surface area contributed by atoms with Crippen molar-refractivity contribution < 1.29 is 0 Å². The molecule has 1 aromatic rings. The van der Waals surface area contributed by atoms with Gasteiger partial charge in [-0.05, 0) is 18.9 Å². The summed E-state index contributed by atoms with van der Waals surface area (Å²) in [5, 5.41) is 0.507. The van der Waals surface area contributed by atoms with Gasteiger partial charge >= 0.3 is 0 Å². The third kappa shape index (κ3) is 1.50. The predicted molar refractivity (Wildman–Crippen MR) is 48.5 cm³/mol. The van der Waals surface area contributed by atoms with Gasteiger partial charge in [-0.3, -0.25) is 0 Å². The summed E-state index contributed by atoms with van der Waals surface area (Å²) in [5.74, 6) is 0.727. The molecule has 0 spiro atoms. The largest absolute Gasteiger partial charge is 0.341 e. The van der Waals surface area contributed by atoms with Crippen LogP contribution in [-0.4, -0.2) is 23.1 Å². The van der Waals surface area contributed by atoms with Crippen molar-refractivity contribution in [3.8, 4) is 0 Å². The lowest BCUT2D eigenvalue weighted by Gasteiger charge is -2.15. The summed E-state index contributed by atoms with van der Waals surface area (Å²) in [6.45, 7) is 0. The van der Waals surface area contributed by atoms with Gasteiger partial charge in [0, 0.05) is 19.3 Å². The molecule has 64 valence electrons. The fourth-order valence-corrected chi connectivity index (χ4v) is 1.25. The molecule has 1 saturated carbocycles. The Balaban J connectivity index is 2.20. The average molecular weight is 184 g/mol. The van der Waals surface area contributed by atoms with Gasteiger partial charge in [-0.2, -0.15) is 0 Å². The van der Waals surface area contributed by atoms with E-state index in [-0.39, 0.29) is 0 Å². The summed E-state index contributed by atoms with van der Waals surface area (Å²) in [4.78, 5) is 10.3. The zero-order chi connectivity index (χ0) is 8.55. The van der Waals surface area contributed by atoms with Crippen LogP contribution in [0.1, 0.15) is 12.8 Å². The maximum Gasteiger partial charge on any atom is 0.226 e. The first-order valence-corrected chi connectivity index (χ1v) is 4.36. The SMILES string of the molecule is CN(c1nccc(Cl)n1)C1CC1. The van der Waals surface area contributed by atoms with Crippen molar-refractivity contribution in [1.82, 2.24) is 9.97 Å². The highest BCUT2D eigenvalue weighted by Crippen LogP contribution is 2.28. The van der Waals surface area contributed by atoms with E-state index in [1.165, 1.54) is 12.8 Å². The lowest BCUT2D eigenvalue weighted by atomic mass is 10.6. The Hall–Kier alpha value is -0.830. The first-order chi connectivity index (χ1) is 5.77. The van der Waals surface area contributed by atoms with E-state index in [0.29, 0.717) is 11.2 Å². The van der Waals surface area contributed by atoms with Crippen LogP contribution in [0.4, 0.5) is 5.95 Å². The lowest BCUT2D eigenvalue weighted by Crippen LogP contribution is -2.21. The summed E-state index contributed by atoms with van der Waals surface area (Å²) in [6, 6.07) is 2.31. The van der Waals surface area contributed by atoms with Gasteiger partial charge in [-0.25, -0.2) is 9.97 Å². The van der Waals surface area contributed by atoms with Crippen LogP contribution in [0.3, 0.4) is 0 Å². The third-order valence-corrected chi connectivity index (χ3v) is 2.23. The maximum atomic E-state index is 5.74. The molecule has 0 unspecified atom stereocenters. The molecule has 0 amide bonds. The number of hydrogen-bond donors (Lipinski definition) is 0. The molecule has 4 heteroatoms. The zero-order valence-electron chi connectivity index (χ0n) is 6.87. The molecule has 0 aromatic carbocycles. The monoisotopic (exact) mass is 183 g/mol. The second-order valence-electron chi connectivity index (χ2n) is 3.02. The highest BCUT2D eigenvalue weighted by molar-refractivity contribution is 6.29. The number of nitrogens with zero attached hydrogens (tertiary/aromatic N) is 3. The Morgan fingerprint density at radius 3 is 2.92 bits per heavy atom. The normalized spacial score (nSPS) is 16.2. The molecule has 12 heavy (non-hydrogen) atoms. The molecule has 1 fully saturated rings. The van der Waals surface area contributed by atoms with Gasteiger partial charge in [0.05, 0.1) is 0 Å². The van der Waals surface area contributed by atoms with Gasteiger partial charge in [-0.1, -0.05) is 11.6 Å². The fraction of sp³-hybridized carbons (Fsp3) is 0.500. The van der Waals surface area contributed by atoms with Crippen LogP contribution in [-0.2, 0) is 0 Å². The fourth-order valence-electron chi connectivity index (χ4n) is 1.12. The van der Waals surface area contributed by atoms with E-state index < -0.39 is 0 Å². The summed E-state index contributed by atoms with van der Waals surface area (Å²) in [5.41, 5.74) is 0. The van der Waals surface area contributed by atoms with Crippen LogP contribution in [0.2, 0.25) is 5.15 Å². The van der Waals surface area contributed by atoms with Crippen LogP contribution in [0.15, 0.2) is 12.3 Å². The van der Waals surface area contributed by atoms with E-state index >= 15 is 0 Å². The number of hydrogen-bond acceptors (Lipinski definition) is 3.